The van der Waals surface area contributed by atoms with Gasteiger partial charge in [0.1, 0.15) is 0 Å². The van der Waals surface area contributed by atoms with E-state index in [0.29, 0.717) is 28.2 Å². The zero-order chi connectivity index (χ0) is 43.5. The van der Waals surface area contributed by atoms with Gasteiger partial charge in [0.05, 0.1) is 73.7 Å². The second-order valence-electron chi connectivity index (χ2n) is 15.7. The third-order valence-corrected chi connectivity index (χ3v) is 12.0. The topological polar surface area (TPSA) is 70.3 Å². The van der Waals surface area contributed by atoms with E-state index in [9.17, 15) is 10.5 Å². The third kappa shape index (κ3) is 6.36. The van der Waals surface area contributed by atoms with Crippen LogP contribution in [0.2, 0.25) is 0 Å². The van der Waals surface area contributed by atoms with Crippen LogP contribution in [0.1, 0.15) is 16.7 Å². The number of hydrogen-bond acceptors (Lipinski definition) is 3. The summed E-state index contributed by atoms with van der Waals surface area (Å²) in [6.45, 7) is 0. The van der Waals surface area contributed by atoms with Gasteiger partial charge >= 0.3 is 6.18 Å². The molecule has 64 heavy (non-hydrogen) atoms. The van der Waals surface area contributed by atoms with Crippen LogP contribution < -0.4 is 0 Å². The summed E-state index contributed by atoms with van der Waals surface area (Å²) in [6.07, 6.45) is -4.76. The van der Waals surface area contributed by atoms with Crippen molar-refractivity contribution in [2.75, 3.05) is 0 Å². The molecule has 0 saturated carbocycles. The van der Waals surface area contributed by atoms with Crippen molar-refractivity contribution in [2.45, 2.75) is 6.18 Å². The summed E-state index contributed by atoms with van der Waals surface area (Å²) in [6, 6.07) is 64.6. The molecule has 0 aliphatic heterocycles. The van der Waals surface area contributed by atoms with Crippen molar-refractivity contribution in [3.8, 4) is 68.3 Å². The molecule has 0 radical (unpaired) electrons. The van der Waals surface area contributed by atoms with Gasteiger partial charge in [0.2, 0.25) is 0 Å². The molecule has 302 valence electrons. The minimum atomic E-state index is -4.76. The number of benzene rings is 8. The monoisotopic (exact) mass is 831 g/mol. The number of aromatic nitrogens is 3. The predicted octanol–water partition coefficient (Wildman–Crippen LogP) is 14.7. The Morgan fingerprint density at radius 2 is 0.844 bits per heavy atom. The van der Waals surface area contributed by atoms with E-state index in [0.717, 1.165) is 71.4 Å². The molecule has 0 N–H and O–H groups in total. The largest absolute Gasteiger partial charge is 0.417 e. The van der Waals surface area contributed by atoms with Crippen LogP contribution in [0.5, 0.6) is 0 Å². The summed E-state index contributed by atoms with van der Waals surface area (Å²) in [5.74, 6) is 0. The first kappa shape index (κ1) is 38.2. The van der Waals surface area contributed by atoms with Crippen LogP contribution in [-0.4, -0.2) is 14.1 Å². The van der Waals surface area contributed by atoms with Crippen molar-refractivity contribution in [1.29, 1.82) is 10.5 Å². The fourth-order valence-corrected chi connectivity index (χ4v) is 9.03. The maximum Gasteiger partial charge on any atom is 0.417 e. The standard InChI is InChI=1S/C56H32F3N5/c57-56(58,59)47-32-55(64-51-16-7-5-12-43(51)45-30-41(26-28-53(45)64)38-23-19-36(34-61)20-24-38)54(31-46(47)49-14-8-13-48(62-49)39-9-2-1-3-10-39)63-50-15-6-4-11-42(50)44-29-40(25-27-52(44)63)37-21-17-35(33-60)18-22-37/h1-32H. The minimum Gasteiger partial charge on any atom is -0.307 e. The van der Waals surface area contributed by atoms with E-state index >= 15 is 13.2 Å². The molecule has 5 nitrogen and oxygen atoms in total. The Morgan fingerprint density at radius 1 is 0.391 bits per heavy atom. The molecule has 3 aromatic heterocycles. The van der Waals surface area contributed by atoms with Gasteiger partial charge in [-0.3, -0.25) is 0 Å². The van der Waals surface area contributed by atoms with E-state index in [1.54, 1.807) is 42.5 Å². The normalized spacial score (nSPS) is 11.6. The average molecular weight is 832 g/mol. The first-order chi connectivity index (χ1) is 31.3. The third-order valence-electron chi connectivity index (χ3n) is 12.0. The molecule has 0 fully saturated rings. The van der Waals surface area contributed by atoms with Crippen molar-refractivity contribution < 1.29 is 13.2 Å². The molecule has 8 aromatic carbocycles. The zero-order valence-electron chi connectivity index (χ0n) is 33.8. The lowest BCUT2D eigenvalue weighted by atomic mass is 9.99. The van der Waals surface area contributed by atoms with Crippen LogP contribution in [0.15, 0.2) is 194 Å². The second kappa shape index (κ2) is 15.0. The summed E-state index contributed by atoms with van der Waals surface area (Å²) >= 11 is 0. The molecular weight excluding hydrogens is 800 g/mol. The van der Waals surface area contributed by atoms with Crippen LogP contribution in [-0.2, 0) is 6.18 Å². The predicted molar refractivity (Wildman–Crippen MR) is 249 cm³/mol. The lowest BCUT2D eigenvalue weighted by Gasteiger charge is -2.22. The molecule has 0 unspecified atom stereocenters. The van der Waals surface area contributed by atoms with Gasteiger partial charge in [0.25, 0.3) is 0 Å². The summed E-state index contributed by atoms with van der Waals surface area (Å²) in [5, 5.41) is 22.5. The molecule has 0 aliphatic rings. The number of nitrogens with zero attached hydrogens (tertiary/aromatic N) is 5. The van der Waals surface area contributed by atoms with Gasteiger partial charge in [0, 0.05) is 32.7 Å². The number of hydrogen-bond donors (Lipinski definition) is 0. The van der Waals surface area contributed by atoms with E-state index in [2.05, 4.69) is 28.8 Å². The molecule has 0 bridgehead atoms. The summed E-state index contributed by atoms with van der Waals surface area (Å²) < 4.78 is 51.6. The van der Waals surface area contributed by atoms with Gasteiger partial charge < -0.3 is 9.13 Å². The molecule has 0 atom stereocenters. The van der Waals surface area contributed by atoms with Gasteiger partial charge in [-0.15, -0.1) is 0 Å². The Labute approximate surface area is 365 Å². The van der Waals surface area contributed by atoms with E-state index < -0.39 is 11.7 Å². The minimum absolute atomic E-state index is 0.0481. The van der Waals surface area contributed by atoms with Crippen molar-refractivity contribution in [3.05, 3.63) is 211 Å². The quantitative estimate of drug-likeness (QED) is 0.168. The molecule has 0 saturated heterocycles. The number of alkyl halides is 3. The molecule has 0 amide bonds. The maximum absolute atomic E-state index is 15.9. The Kier molecular flexibility index (Phi) is 8.97. The lowest BCUT2D eigenvalue weighted by molar-refractivity contribution is -0.137. The van der Waals surface area contributed by atoms with E-state index in [-0.39, 0.29) is 11.3 Å². The van der Waals surface area contributed by atoms with E-state index in [1.165, 1.54) is 6.07 Å². The van der Waals surface area contributed by atoms with Crippen molar-refractivity contribution >= 4 is 43.6 Å². The fourth-order valence-electron chi connectivity index (χ4n) is 9.03. The summed E-state index contributed by atoms with van der Waals surface area (Å²) in [7, 11) is 0. The number of rotatable bonds is 6. The molecule has 8 heteroatoms. The highest BCUT2D eigenvalue weighted by Gasteiger charge is 2.36. The zero-order valence-corrected chi connectivity index (χ0v) is 33.8. The van der Waals surface area contributed by atoms with Gasteiger partial charge in [-0.1, -0.05) is 109 Å². The van der Waals surface area contributed by atoms with Crippen LogP contribution >= 0.6 is 0 Å². The number of fused-ring (bicyclic) bond motifs is 6. The van der Waals surface area contributed by atoms with Gasteiger partial charge in [0.15, 0.2) is 0 Å². The summed E-state index contributed by atoms with van der Waals surface area (Å²) in [5.41, 5.74) is 9.47. The first-order valence-corrected chi connectivity index (χ1v) is 20.6. The van der Waals surface area contributed by atoms with Crippen molar-refractivity contribution in [1.82, 2.24) is 14.1 Å². The summed E-state index contributed by atoms with van der Waals surface area (Å²) in [4.78, 5) is 4.88. The molecule has 11 aromatic rings. The van der Waals surface area contributed by atoms with Crippen LogP contribution in [0.4, 0.5) is 13.2 Å². The fraction of sp³-hybridized carbons (Fsp3) is 0.0179. The van der Waals surface area contributed by atoms with E-state index in [4.69, 9.17) is 4.98 Å². The first-order valence-electron chi connectivity index (χ1n) is 20.6. The lowest BCUT2D eigenvalue weighted by Crippen LogP contribution is -2.12. The Bertz CT molecular complexity index is 3720. The van der Waals surface area contributed by atoms with Crippen LogP contribution in [0.25, 0.3) is 99.8 Å². The van der Waals surface area contributed by atoms with Crippen molar-refractivity contribution in [2.24, 2.45) is 0 Å². The highest BCUT2D eigenvalue weighted by Crippen LogP contribution is 2.45. The Morgan fingerprint density at radius 3 is 1.36 bits per heavy atom. The van der Waals surface area contributed by atoms with Crippen molar-refractivity contribution in [3.63, 3.8) is 0 Å². The van der Waals surface area contributed by atoms with Gasteiger partial charge in [-0.05, 0) is 107 Å². The molecule has 0 aliphatic carbocycles. The van der Waals surface area contributed by atoms with Crippen LogP contribution in [0, 0.1) is 22.7 Å². The second-order valence-corrected chi connectivity index (χ2v) is 15.7. The molecule has 3 heterocycles. The molecule has 11 rings (SSSR count). The Balaban J connectivity index is 1.23. The molecule has 0 spiro atoms. The molecular formula is C56H32F3N5. The van der Waals surface area contributed by atoms with E-state index in [1.807, 2.05) is 138 Å². The number of halogens is 3. The van der Waals surface area contributed by atoms with Crippen LogP contribution in [0.3, 0.4) is 0 Å². The SMILES string of the molecule is N#Cc1ccc(-c2ccc3c(c2)c2ccccc2n3-c2cc(-c3cccc(-c4ccccc4)n3)c(C(F)(F)F)cc2-n2c3ccccc3c3cc(-c4ccc(C#N)cc4)ccc32)cc1. The highest BCUT2D eigenvalue weighted by atomic mass is 19.4. The number of pyridine rings is 1. The smallest absolute Gasteiger partial charge is 0.307 e. The number of para-hydroxylation sites is 2. The highest BCUT2D eigenvalue weighted by molar-refractivity contribution is 6.13. The average Bonchev–Trinajstić information content (AvgIpc) is 3.85. The van der Waals surface area contributed by atoms with Gasteiger partial charge in [-0.2, -0.15) is 23.7 Å². The van der Waals surface area contributed by atoms with Gasteiger partial charge in [-0.25, -0.2) is 4.98 Å². The Hall–Kier alpha value is -8.72. The maximum atomic E-state index is 15.9. The number of nitriles is 2.